The van der Waals surface area contributed by atoms with Crippen molar-refractivity contribution >= 4 is 22.6 Å². The van der Waals surface area contributed by atoms with Crippen molar-refractivity contribution in [2.75, 3.05) is 7.11 Å². The molecule has 1 atom stereocenters. The molecular formula is C18H16O4S. The van der Waals surface area contributed by atoms with Gasteiger partial charge in [-0.2, -0.15) is 0 Å². The number of hydrogen-bond donors (Lipinski definition) is 1. The number of methoxy groups -OCH3 is 1. The molecule has 1 unspecified atom stereocenters. The normalized spacial score (nSPS) is 14.6. The Kier molecular flexibility index (Phi) is 4.41. The Bertz CT molecular complexity index is 824. The summed E-state index contributed by atoms with van der Waals surface area (Å²) in [6, 6.07) is 12.5. The van der Waals surface area contributed by atoms with Gasteiger partial charge >= 0.3 is 5.97 Å². The van der Waals surface area contributed by atoms with E-state index in [-0.39, 0.29) is 0 Å². The van der Waals surface area contributed by atoms with Gasteiger partial charge in [0, 0.05) is 5.56 Å². The van der Waals surface area contributed by atoms with Gasteiger partial charge in [-0.15, -0.1) is 0 Å². The lowest BCUT2D eigenvalue weighted by Gasteiger charge is -2.20. The Morgan fingerprint density at radius 3 is 2.70 bits per heavy atom. The summed E-state index contributed by atoms with van der Waals surface area (Å²) in [5.74, 6) is -0.392. The number of rotatable bonds is 3. The molecule has 1 aliphatic rings. The number of esters is 1. The predicted molar refractivity (Wildman–Crippen MR) is 88.7 cm³/mol. The van der Waals surface area contributed by atoms with Crippen LogP contribution in [0.5, 0.6) is 0 Å². The fraction of sp³-hybridized carbons (Fsp3) is 0.167. The summed E-state index contributed by atoms with van der Waals surface area (Å²) in [6.45, 7) is 0. The maximum Gasteiger partial charge on any atom is 0.337 e. The number of benzene rings is 2. The molecule has 0 spiro atoms. The van der Waals surface area contributed by atoms with Crippen LogP contribution in [0.2, 0.25) is 0 Å². The first-order valence-corrected chi connectivity index (χ1v) is 8.34. The average molecular weight is 328 g/mol. The van der Waals surface area contributed by atoms with Crippen LogP contribution in [-0.4, -0.2) is 21.8 Å². The highest BCUT2D eigenvalue weighted by Crippen LogP contribution is 2.34. The van der Waals surface area contributed by atoms with Gasteiger partial charge in [-0.25, -0.2) is 9.00 Å². The minimum absolute atomic E-state index is 0.370. The number of carbonyl (C=O) groups is 1. The Balaban J connectivity index is 2.16. The maximum absolute atomic E-state index is 11.8. The van der Waals surface area contributed by atoms with Crippen LogP contribution in [0.25, 0.3) is 5.57 Å². The minimum Gasteiger partial charge on any atom is -0.465 e. The second kappa shape index (κ2) is 6.48. The molecule has 4 nitrogen and oxygen atoms in total. The topological polar surface area (TPSA) is 63.6 Å². The van der Waals surface area contributed by atoms with Crippen LogP contribution in [0.15, 0.2) is 53.4 Å². The lowest BCUT2D eigenvalue weighted by atomic mass is 9.86. The van der Waals surface area contributed by atoms with Crippen LogP contribution in [-0.2, 0) is 22.2 Å². The summed E-state index contributed by atoms with van der Waals surface area (Å²) in [5.41, 5.74) is 4.11. The number of fused-ring (bicyclic) bond motifs is 1. The SMILES string of the molecule is COC(=O)c1ccc2c(c1)C(c1ccccc1S(=O)O)=CCC2. The smallest absolute Gasteiger partial charge is 0.337 e. The molecule has 0 heterocycles. The summed E-state index contributed by atoms with van der Waals surface area (Å²) in [6.07, 6.45) is 3.78. The zero-order valence-corrected chi connectivity index (χ0v) is 13.4. The van der Waals surface area contributed by atoms with Gasteiger partial charge < -0.3 is 9.29 Å². The van der Waals surface area contributed by atoms with E-state index in [1.54, 1.807) is 24.3 Å². The molecule has 1 aliphatic carbocycles. The van der Waals surface area contributed by atoms with Crippen LogP contribution in [0, 0.1) is 0 Å². The van der Waals surface area contributed by atoms with Crippen LogP contribution >= 0.6 is 0 Å². The van der Waals surface area contributed by atoms with E-state index < -0.39 is 17.0 Å². The first-order valence-electron chi connectivity index (χ1n) is 7.24. The third kappa shape index (κ3) is 2.98. The Morgan fingerprint density at radius 2 is 1.96 bits per heavy atom. The number of ether oxygens (including phenoxy) is 1. The lowest BCUT2D eigenvalue weighted by molar-refractivity contribution is 0.0600. The molecule has 118 valence electrons. The number of allylic oxidation sites excluding steroid dienone is 1. The van der Waals surface area contributed by atoms with Gasteiger partial charge in [-0.05, 0) is 47.7 Å². The summed E-state index contributed by atoms with van der Waals surface area (Å²) < 4.78 is 25.9. The molecule has 1 N–H and O–H groups in total. The van der Waals surface area contributed by atoms with Crippen molar-refractivity contribution in [3.63, 3.8) is 0 Å². The molecule has 0 saturated carbocycles. The molecule has 2 aromatic rings. The van der Waals surface area contributed by atoms with Gasteiger partial charge in [-0.3, -0.25) is 0 Å². The quantitative estimate of drug-likeness (QED) is 0.692. The van der Waals surface area contributed by atoms with Crippen molar-refractivity contribution in [2.24, 2.45) is 0 Å². The Hall–Kier alpha value is -2.24. The third-order valence-electron chi connectivity index (χ3n) is 3.95. The Labute approximate surface area is 137 Å². The van der Waals surface area contributed by atoms with E-state index in [0.29, 0.717) is 10.5 Å². The fourth-order valence-corrected chi connectivity index (χ4v) is 3.43. The van der Waals surface area contributed by atoms with Gasteiger partial charge in [0.25, 0.3) is 0 Å². The molecule has 2 aromatic carbocycles. The molecule has 0 aromatic heterocycles. The van der Waals surface area contributed by atoms with Crippen LogP contribution in [0.3, 0.4) is 0 Å². The number of aryl methyl sites for hydroxylation is 1. The monoisotopic (exact) mass is 328 g/mol. The molecule has 23 heavy (non-hydrogen) atoms. The predicted octanol–water partition coefficient (Wildman–Crippen LogP) is 3.43. The third-order valence-corrected chi connectivity index (χ3v) is 4.68. The van der Waals surface area contributed by atoms with E-state index in [0.717, 1.165) is 35.1 Å². The van der Waals surface area contributed by atoms with E-state index in [2.05, 4.69) is 6.08 Å². The van der Waals surface area contributed by atoms with Gasteiger partial charge in [0.15, 0.2) is 11.1 Å². The molecule has 5 heteroatoms. The van der Waals surface area contributed by atoms with Gasteiger partial charge in [0.1, 0.15) is 0 Å². The van der Waals surface area contributed by atoms with Crippen LogP contribution in [0.4, 0.5) is 0 Å². The maximum atomic E-state index is 11.8. The van der Waals surface area contributed by atoms with E-state index in [4.69, 9.17) is 4.74 Å². The summed E-state index contributed by atoms with van der Waals surface area (Å²) in [5, 5.41) is 0. The van der Waals surface area contributed by atoms with Crippen LogP contribution in [0.1, 0.15) is 33.5 Å². The Morgan fingerprint density at radius 1 is 1.17 bits per heavy atom. The van der Waals surface area contributed by atoms with Crippen molar-refractivity contribution in [1.82, 2.24) is 0 Å². The summed E-state index contributed by atoms with van der Waals surface area (Å²) in [7, 11) is 1.35. The summed E-state index contributed by atoms with van der Waals surface area (Å²) in [4.78, 5) is 12.2. The zero-order chi connectivity index (χ0) is 16.4. The first kappa shape index (κ1) is 15.6. The van der Waals surface area contributed by atoms with Crippen LogP contribution < -0.4 is 0 Å². The van der Waals surface area contributed by atoms with Crippen molar-refractivity contribution in [1.29, 1.82) is 0 Å². The van der Waals surface area contributed by atoms with Crippen molar-refractivity contribution < 1.29 is 18.3 Å². The average Bonchev–Trinajstić information content (AvgIpc) is 2.60. The molecule has 0 saturated heterocycles. The van der Waals surface area contributed by atoms with Crippen molar-refractivity contribution in [3.8, 4) is 0 Å². The minimum atomic E-state index is -2.07. The van der Waals surface area contributed by atoms with Gasteiger partial charge in [-0.1, -0.05) is 30.3 Å². The molecule has 0 bridgehead atoms. The highest BCUT2D eigenvalue weighted by molar-refractivity contribution is 7.79. The van der Waals surface area contributed by atoms with E-state index >= 15 is 0 Å². The molecular weight excluding hydrogens is 312 g/mol. The molecule has 0 amide bonds. The van der Waals surface area contributed by atoms with E-state index in [9.17, 15) is 13.6 Å². The van der Waals surface area contributed by atoms with Gasteiger partial charge in [0.05, 0.1) is 17.6 Å². The second-order valence-corrected chi connectivity index (χ2v) is 6.20. The molecule has 0 aliphatic heterocycles. The standard InChI is InChI=1S/C18H16O4S/c1-22-18(19)13-10-9-12-5-4-7-14(16(12)11-13)15-6-2-3-8-17(15)23(20)21/h2-3,6-11H,4-5H2,1H3,(H,20,21). The highest BCUT2D eigenvalue weighted by Gasteiger charge is 2.20. The number of carbonyl (C=O) groups excluding carboxylic acids is 1. The van der Waals surface area contributed by atoms with Crippen molar-refractivity contribution in [2.45, 2.75) is 17.7 Å². The largest absolute Gasteiger partial charge is 0.465 e. The van der Waals surface area contributed by atoms with E-state index in [1.807, 2.05) is 18.2 Å². The molecule has 0 radical (unpaired) electrons. The zero-order valence-electron chi connectivity index (χ0n) is 12.6. The highest BCUT2D eigenvalue weighted by atomic mass is 32.2. The summed E-state index contributed by atoms with van der Waals surface area (Å²) >= 11 is -2.07. The lowest BCUT2D eigenvalue weighted by Crippen LogP contribution is -2.07. The first-order chi connectivity index (χ1) is 11.1. The van der Waals surface area contributed by atoms with E-state index in [1.165, 1.54) is 7.11 Å². The molecule has 3 rings (SSSR count). The molecule has 0 fully saturated rings. The fourth-order valence-electron chi connectivity index (χ4n) is 2.87. The van der Waals surface area contributed by atoms with Crippen molar-refractivity contribution in [3.05, 3.63) is 70.8 Å². The second-order valence-electron chi connectivity index (χ2n) is 5.27. The number of hydrogen-bond acceptors (Lipinski definition) is 3. The van der Waals surface area contributed by atoms with Gasteiger partial charge in [0.2, 0.25) is 0 Å².